The van der Waals surface area contributed by atoms with Gasteiger partial charge in [-0.05, 0) is 38.1 Å². The zero-order valence-corrected chi connectivity index (χ0v) is 11.3. The molecule has 0 unspecified atom stereocenters. The molecule has 1 aromatic heterocycles. The summed E-state index contributed by atoms with van der Waals surface area (Å²) in [6.45, 7) is 2.69. The maximum Gasteiger partial charge on any atom is 0.290 e. The van der Waals surface area contributed by atoms with Crippen molar-refractivity contribution in [3.05, 3.63) is 53.8 Å². The SMILES string of the molecule is CC(=O)C(=Cc1ccc(Oc2ccccc2)o1)C(C)=O. The number of hydrogen-bond acceptors (Lipinski definition) is 4. The minimum atomic E-state index is -0.292. The van der Waals surface area contributed by atoms with Gasteiger partial charge in [-0.15, -0.1) is 0 Å². The minimum Gasteiger partial charge on any atom is -0.426 e. The van der Waals surface area contributed by atoms with E-state index in [-0.39, 0.29) is 17.1 Å². The minimum absolute atomic E-state index is 0.102. The van der Waals surface area contributed by atoms with Gasteiger partial charge in [-0.1, -0.05) is 18.2 Å². The van der Waals surface area contributed by atoms with Crippen molar-refractivity contribution in [3.8, 4) is 11.7 Å². The van der Waals surface area contributed by atoms with Crippen LogP contribution in [-0.4, -0.2) is 11.6 Å². The molecule has 0 spiro atoms. The number of rotatable bonds is 5. The first-order valence-corrected chi connectivity index (χ1v) is 6.12. The number of benzene rings is 1. The van der Waals surface area contributed by atoms with Gasteiger partial charge in [0.25, 0.3) is 5.95 Å². The summed E-state index contributed by atoms with van der Waals surface area (Å²) in [5.41, 5.74) is 0.102. The van der Waals surface area contributed by atoms with Gasteiger partial charge in [0.2, 0.25) is 0 Å². The van der Waals surface area contributed by atoms with E-state index in [1.54, 1.807) is 24.3 Å². The Morgan fingerprint density at radius 1 is 1.00 bits per heavy atom. The van der Waals surface area contributed by atoms with E-state index in [1.807, 2.05) is 18.2 Å². The lowest BCUT2D eigenvalue weighted by molar-refractivity contribution is -0.119. The average molecular weight is 270 g/mol. The molecule has 4 heteroatoms. The molecule has 0 radical (unpaired) electrons. The van der Waals surface area contributed by atoms with Crippen molar-refractivity contribution in [2.24, 2.45) is 0 Å². The van der Waals surface area contributed by atoms with Crippen molar-refractivity contribution in [2.75, 3.05) is 0 Å². The van der Waals surface area contributed by atoms with Crippen LogP contribution in [0, 0.1) is 0 Å². The van der Waals surface area contributed by atoms with E-state index in [9.17, 15) is 9.59 Å². The Labute approximate surface area is 116 Å². The molecule has 0 bridgehead atoms. The largest absolute Gasteiger partial charge is 0.426 e. The summed E-state index contributed by atoms with van der Waals surface area (Å²) in [5, 5.41) is 0. The number of para-hydroxylation sites is 1. The normalized spacial score (nSPS) is 9.90. The molecule has 0 saturated carbocycles. The second kappa shape index (κ2) is 6.02. The summed E-state index contributed by atoms with van der Waals surface area (Å²) >= 11 is 0. The van der Waals surface area contributed by atoms with E-state index >= 15 is 0 Å². The summed E-state index contributed by atoms with van der Waals surface area (Å²) < 4.78 is 10.9. The van der Waals surface area contributed by atoms with Crippen molar-refractivity contribution < 1.29 is 18.7 Å². The quantitative estimate of drug-likeness (QED) is 0.473. The molecule has 2 rings (SSSR count). The first-order chi connectivity index (χ1) is 9.56. The van der Waals surface area contributed by atoms with Gasteiger partial charge in [0.15, 0.2) is 11.6 Å². The predicted molar refractivity (Wildman–Crippen MR) is 74.6 cm³/mol. The van der Waals surface area contributed by atoms with Crippen LogP contribution < -0.4 is 4.74 Å². The second-order valence-electron chi connectivity index (χ2n) is 4.24. The molecule has 0 aliphatic rings. The molecule has 0 aliphatic heterocycles. The highest BCUT2D eigenvalue weighted by Gasteiger charge is 2.11. The molecule has 4 nitrogen and oxygen atoms in total. The fourth-order valence-corrected chi connectivity index (χ4v) is 1.66. The van der Waals surface area contributed by atoms with E-state index in [2.05, 4.69) is 0 Å². The lowest BCUT2D eigenvalue weighted by atomic mass is 10.1. The van der Waals surface area contributed by atoms with E-state index in [1.165, 1.54) is 19.9 Å². The van der Waals surface area contributed by atoms with Crippen molar-refractivity contribution in [1.29, 1.82) is 0 Å². The third-order valence-corrected chi connectivity index (χ3v) is 2.61. The van der Waals surface area contributed by atoms with Gasteiger partial charge in [-0.2, -0.15) is 0 Å². The average Bonchev–Trinajstić information content (AvgIpc) is 2.84. The first-order valence-electron chi connectivity index (χ1n) is 6.12. The molecule has 0 saturated heterocycles. The Balaban J connectivity index is 2.19. The van der Waals surface area contributed by atoms with E-state index in [4.69, 9.17) is 9.15 Å². The molecule has 2 aromatic rings. The van der Waals surface area contributed by atoms with Crippen molar-refractivity contribution in [1.82, 2.24) is 0 Å². The van der Waals surface area contributed by atoms with Crippen molar-refractivity contribution in [2.45, 2.75) is 13.8 Å². The van der Waals surface area contributed by atoms with Crippen LogP contribution in [0.3, 0.4) is 0 Å². The van der Waals surface area contributed by atoms with Crippen LogP contribution in [0.5, 0.6) is 11.7 Å². The van der Waals surface area contributed by atoms with Gasteiger partial charge in [0.05, 0.1) is 5.57 Å². The number of furan rings is 1. The van der Waals surface area contributed by atoms with Gasteiger partial charge < -0.3 is 9.15 Å². The van der Waals surface area contributed by atoms with Crippen LogP contribution >= 0.6 is 0 Å². The third kappa shape index (κ3) is 3.45. The molecule has 20 heavy (non-hydrogen) atoms. The van der Waals surface area contributed by atoms with Crippen LogP contribution in [0.1, 0.15) is 19.6 Å². The molecule has 0 amide bonds. The number of Topliss-reactive ketones (excluding diaryl/α,β-unsaturated/α-hetero) is 2. The van der Waals surface area contributed by atoms with Crippen LogP contribution in [-0.2, 0) is 9.59 Å². The lowest BCUT2D eigenvalue weighted by Gasteiger charge is -2.00. The molecule has 0 atom stereocenters. The van der Waals surface area contributed by atoms with Gasteiger partial charge in [0, 0.05) is 6.07 Å². The Kier molecular flexibility index (Phi) is 4.15. The molecular weight excluding hydrogens is 256 g/mol. The fraction of sp³-hybridized carbons (Fsp3) is 0.125. The Morgan fingerprint density at radius 2 is 1.65 bits per heavy atom. The lowest BCUT2D eigenvalue weighted by Crippen LogP contribution is -2.05. The highest BCUT2D eigenvalue weighted by molar-refractivity contribution is 6.21. The summed E-state index contributed by atoms with van der Waals surface area (Å²) in [4.78, 5) is 22.7. The van der Waals surface area contributed by atoms with Gasteiger partial charge in [0.1, 0.15) is 11.5 Å². The zero-order chi connectivity index (χ0) is 14.5. The molecule has 1 aromatic carbocycles. The van der Waals surface area contributed by atoms with Crippen LogP contribution in [0.4, 0.5) is 0 Å². The molecule has 0 fully saturated rings. The smallest absolute Gasteiger partial charge is 0.290 e. The van der Waals surface area contributed by atoms with Crippen LogP contribution in [0.2, 0.25) is 0 Å². The number of carbonyl (C=O) groups is 2. The van der Waals surface area contributed by atoms with Gasteiger partial charge in [-0.25, -0.2) is 0 Å². The summed E-state index contributed by atoms with van der Waals surface area (Å²) in [6.07, 6.45) is 1.42. The van der Waals surface area contributed by atoms with Crippen molar-refractivity contribution in [3.63, 3.8) is 0 Å². The fourth-order valence-electron chi connectivity index (χ4n) is 1.66. The zero-order valence-electron chi connectivity index (χ0n) is 11.3. The Bertz CT molecular complexity index is 634. The number of ketones is 2. The van der Waals surface area contributed by atoms with E-state index in [0.29, 0.717) is 17.5 Å². The summed E-state index contributed by atoms with van der Waals surface area (Å²) in [6, 6.07) is 12.5. The number of allylic oxidation sites excluding steroid dienone is 1. The summed E-state index contributed by atoms with van der Waals surface area (Å²) in [5.74, 6) is 0.764. The highest BCUT2D eigenvalue weighted by atomic mass is 16.6. The van der Waals surface area contributed by atoms with E-state index < -0.39 is 0 Å². The number of ether oxygens (including phenoxy) is 1. The molecule has 0 aliphatic carbocycles. The third-order valence-electron chi connectivity index (χ3n) is 2.61. The molecule has 1 heterocycles. The topological polar surface area (TPSA) is 56.5 Å². The maximum absolute atomic E-state index is 11.3. The highest BCUT2D eigenvalue weighted by Crippen LogP contribution is 2.24. The molecule has 102 valence electrons. The maximum atomic E-state index is 11.3. The second-order valence-corrected chi connectivity index (χ2v) is 4.24. The molecule has 0 N–H and O–H groups in total. The van der Waals surface area contributed by atoms with Crippen molar-refractivity contribution >= 4 is 17.6 Å². The van der Waals surface area contributed by atoms with Crippen LogP contribution in [0.15, 0.2) is 52.5 Å². The van der Waals surface area contributed by atoms with Gasteiger partial charge in [-0.3, -0.25) is 9.59 Å². The summed E-state index contributed by atoms with van der Waals surface area (Å²) in [7, 11) is 0. The number of hydrogen-bond donors (Lipinski definition) is 0. The molecular formula is C16H14O4. The van der Waals surface area contributed by atoms with Gasteiger partial charge >= 0.3 is 0 Å². The number of carbonyl (C=O) groups excluding carboxylic acids is 2. The predicted octanol–water partition coefficient (Wildman–Crippen LogP) is 3.63. The monoisotopic (exact) mass is 270 g/mol. The van der Waals surface area contributed by atoms with Crippen LogP contribution in [0.25, 0.3) is 6.08 Å². The van der Waals surface area contributed by atoms with E-state index in [0.717, 1.165) is 0 Å². The Morgan fingerprint density at radius 3 is 2.25 bits per heavy atom. The first kappa shape index (κ1) is 13.8. The Hall–Kier alpha value is -2.62. The standard InChI is InChI=1S/C16H14O4/c1-11(17)15(12(2)18)10-14-8-9-16(20-14)19-13-6-4-3-5-7-13/h3-10H,1-2H3.